The molecule has 1 aromatic carbocycles. The molecule has 0 amide bonds. The highest BCUT2D eigenvalue weighted by Crippen LogP contribution is 2.51. The molecule has 0 aliphatic heterocycles. The third-order valence-corrected chi connectivity index (χ3v) is 6.21. The molecule has 3 aliphatic carbocycles. The Balaban J connectivity index is 1.86. The van der Waals surface area contributed by atoms with Crippen molar-refractivity contribution < 1.29 is 23.9 Å². The summed E-state index contributed by atoms with van der Waals surface area (Å²) in [5.41, 5.74) is 2.74. The van der Waals surface area contributed by atoms with E-state index in [0.29, 0.717) is 11.3 Å². The van der Waals surface area contributed by atoms with E-state index in [1.807, 2.05) is 6.92 Å². The first-order valence-corrected chi connectivity index (χ1v) is 8.74. The Labute approximate surface area is 153 Å². The summed E-state index contributed by atoms with van der Waals surface area (Å²) >= 11 is 5.83. The fourth-order valence-corrected chi connectivity index (χ4v) is 4.76. The van der Waals surface area contributed by atoms with E-state index in [0.717, 1.165) is 36.0 Å². The van der Waals surface area contributed by atoms with Crippen molar-refractivity contribution in [2.24, 2.45) is 0 Å². The summed E-state index contributed by atoms with van der Waals surface area (Å²) in [5.74, 6) is -2.20. The lowest BCUT2D eigenvalue weighted by atomic mass is 9.62. The second-order valence-corrected chi connectivity index (χ2v) is 7.62. The van der Waals surface area contributed by atoms with Gasteiger partial charge in [0.2, 0.25) is 17.3 Å². The number of fused-ring (bicyclic) bond motifs is 3. The normalized spacial score (nSPS) is 23.7. The summed E-state index contributed by atoms with van der Waals surface area (Å²) in [6, 6.07) is 3.04. The summed E-state index contributed by atoms with van der Waals surface area (Å²) in [5, 5.41) is 9.84. The zero-order valence-corrected chi connectivity index (χ0v) is 14.6. The number of benzene rings is 1. The number of hydrogen-bond acceptors (Lipinski definition) is 5. The van der Waals surface area contributed by atoms with Gasteiger partial charge in [0.25, 0.3) is 0 Å². The molecule has 6 heteroatoms. The Hall–Kier alpha value is -2.66. The first-order valence-electron chi connectivity index (χ1n) is 8.37. The first kappa shape index (κ1) is 15.6. The van der Waals surface area contributed by atoms with Gasteiger partial charge in [0.1, 0.15) is 10.8 Å². The second-order valence-electron chi connectivity index (χ2n) is 7.24. The van der Waals surface area contributed by atoms with Gasteiger partial charge in [-0.3, -0.25) is 14.4 Å². The molecule has 0 radical (unpaired) electrons. The van der Waals surface area contributed by atoms with E-state index in [-0.39, 0.29) is 16.9 Å². The molecule has 5 nitrogen and oxygen atoms in total. The van der Waals surface area contributed by atoms with E-state index in [4.69, 9.17) is 16.0 Å². The maximum Gasteiger partial charge on any atom is 0.248 e. The molecule has 1 atom stereocenters. The van der Waals surface area contributed by atoms with Crippen LogP contribution in [0, 0.1) is 0 Å². The van der Waals surface area contributed by atoms with Crippen LogP contribution in [0.2, 0.25) is 0 Å². The SMILES string of the molecule is CC12CCCc3coc(c31)C(=O)c1cc3c(cc12)C(O)=C(Cl)C(=O)C3=O. The monoisotopic (exact) mass is 368 g/mol. The van der Waals surface area contributed by atoms with Gasteiger partial charge in [-0.15, -0.1) is 0 Å². The van der Waals surface area contributed by atoms with Crippen LogP contribution in [0.1, 0.15) is 68.5 Å². The van der Waals surface area contributed by atoms with Gasteiger partial charge in [-0.25, -0.2) is 0 Å². The number of ketones is 3. The fourth-order valence-electron chi connectivity index (χ4n) is 4.57. The minimum atomic E-state index is -0.968. The van der Waals surface area contributed by atoms with E-state index >= 15 is 0 Å². The van der Waals surface area contributed by atoms with Crippen molar-refractivity contribution in [3.05, 3.63) is 62.6 Å². The highest BCUT2D eigenvalue weighted by Gasteiger charge is 2.47. The molecule has 1 heterocycles. The van der Waals surface area contributed by atoms with E-state index in [1.165, 1.54) is 6.07 Å². The number of aliphatic hydroxyl groups excluding tert-OH is 1. The van der Waals surface area contributed by atoms with Crippen molar-refractivity contribution in [1.82, 2.24) is 0 Å². The van der Waals surface area contributed by atoms with Gasteiger partial charge < -0.3 is 9.52 Å². The number of aliphatic hydroxyl groups is 1. The van der Waals surface area contributed by atoms with Crippen molar-refractivity contribution >= 4 is 34.7 Å². The lowest BCUT2D eigenvalue weighted by molar-refractivity contribution is -0.111. The molecule has 130 valence electrons. The number of hydrogen-bond donors (Lipinski definition) is 1. The van der Waals surface area contributed by atoms with Crippen molar-refractivity contribution in [3.63, 3.8) is 0 Å². The van der Waals surface area contributed by atoms with Crippen LogP contribution in [0.3, 0.4) is 0 Å². The van der Waals surface area contributed by atoms with Crippen LogP contribution >= 0.6 is 11.6 Å². The Morgan fingerprint density at radius 3 is 2.62 bits per heavy atom. The summed E-state index contributed by atoms with van der Waals surface area (Å²) < 4.78 is 5.57. The van der Waals surface area contributed by atoms with Crippen LogP contribution in [0.4, 0.5) is 0 Å². The predicted octanol–water partition coefficient (Wildman–Crippen LogP) is 3.70. The van der Waals surface area contributed by atoms with E-state index in [9.17, 15) is 19.5 Å². The molecule has 26 heavy (non-hydrogen) atoms. The Morgan fingerprint density at radius 2 is 1.85 bits per heavy atom. The molecule has 1 unspecified atom stereocenters. The Kier molecular flexibility index (Phi) is 2.84. The Bertz CT molecular complexity index is 1100. The molecule has 3 aliphatic rings. The molecular weight excluding hydrogens is 356 g/mol. The number of rotatable bonds is 0. The third-order valence-electron chi connectivity index (χ3n) is 5.86. The summed E-state index contributed by atoms with van der Waals surface area (Å²) in [6.45, 7) is 2.04. The molecule has 2 aromatic rings. The quantitative estimate of drug-likeness (QED) is 0.717. The van der Waals surface area contributed by atoms with Gasteiger partial charge in [-0.1, -0.05) is 18.5 Å². The summed E-state index contributed by atoms with van der Waals surface area (Å²) in [6.07, 6.45) is 4.24. The van der Waals surface area contributed by atoms with Gasteiger partial charge in [0.05, 0.1) is 6.26 Å². The van der Waals surface area contributed by atoms with Gasteiger partial charge in [-0.05, 0) is 42.5 Å². The molecule has 0 saturated carbocycles. The second kappa shape index (κ2) is 4.74. The van der Waals surface area contributed by atoms with Gasteiger partial charge in [0.15, 0.2) is 5.76 Å². The van der Waals surface area contributed by atoms with Crippen LogP contribution in [0.15, 0.2) is 27.8 Å². The van der Waals surface area contributed by atoms with Crippen LogP contribution in [-0.4, -0.2) is 22.5 Å². The zero-order chi connectivity index (χ0) is 18.4. The number of furan rings is 1. The minimum absolute atomic E-state index is 0.00126. The lowest BCUT2D eigenvalue weighted by Crippen LogP contribution is -2.36. The van der Waals surface area contributed by atoms with Crippen LogP contribution in [0.25, 0.3) is 5.76 Å². The number of halogens is 1. The van der Waals surface area contributed by atoms with E-state index in [2.05, 4.69) is 0 Å². The van der Waals surface area contributed by atoms with Crippen LogP contribution < -0.4 is 0 Å². The molecule has 0 spiro atoms. The van der Waals surface area contributed by atoms with Crippen LogP contribution in [-0.2, 0) is 16.6 Å². The number of Topliss-reactive ketones (excluding diaryl/α,β-unsaturated/α-hetero) is 2. The summed E-state index contributed by atoms with van der Waals surface area (Å²) in [7, 11) is 0. The maximum atomic E-state index is 13.0. The Morgan fingerprint density at radius 1 is 1.08 bits per heavy atom. The summed E-state index contributed by atoms with van der Waals surface area (Å²) in [4.78, 5) is 37.3. The highest BCUT2D eigenvalue weighted by atomic mass is 35.5. The molecular formula is C20H13ClO5. The fraction of sp³-hybridized carbons (Fsp3) is 0.250. The smallest absolute Gasteiger partial charge is 0.248 e. The number of carbonyl (C=O) groups excluding carboxylic acids is 3. The lowest BCUT2D eigenvalue weighted by Gasteiger charge is -2.39. The maximum absolute atomic E-state index is 13.0. The number of carbonyl (C=O) groups is 3. The molecule has 0 saturated heterocycles. The van der Waals surface area contributed by atoms with Gasteiger partial charge in [-0.2, -0.15) is 0 Å². The first-order chi connectivity index (χ1) is 12.3. The van der Waals surface area contributed by atoms with Crippen molar-refractivity contribution in [2.75, 3.05) is 0 Å². The largest absolute Gasteiger partial charge is 0.506 e. The van der Waals surface area contributed by atoms with Crippen molar-refractivity contribution in [2.45, 2.75) is 31.6 Å². The molecule has 1 N–H and O–H groups in total. The molecule has 1 aromatic heterocycles. The van der Waals surface area contributed by atoms with Crippen LogP contribution in [0.5, 0.6) is 0 Å². The average molecular weight is 369 g/mol. The third kappa shape index (κ3) is 1.64. The molecule has 0 fully saturated rings. The van der Waals surface area contributed by atoms with Gasteiger partial charge >= 0.3 is 0 Å². The van der Waals surface area contributed by atoms with E-state index < -0.39 is 27.8 Å². The number of allylic oxidation sites excluding steroid dienone is 1. The standard InChI is InChI=1S/C20H13ClO5/c1-20-4-2-3-8-7-26-19(13(8)20)17(24)11-5-9-10(6-12(11)20)15(22)14(21)18(25)16(9)23/h5-7,22H,2-4H2,1H3. The molecule has 5 rings (SSSR count). The molecule has 0 bridgehead atoms. The average Bonchev–Trinajstić information content (AvgIpc) is 3.08. The zero-order valence-electron chi connectivity index (χ0n) is 13.8. The minimum Gasteiger partial charge on any atom is -0.506 e. The van der Waals surface area contributed by atoms with E-state index in [1.54, 1.807) is 12.3 Å². The highest BCUT2D eigenvalue weighted by molar-refractivity contribution is 6.64. The topological polar surface area (TPSA) is 84.6 Å². The predicted molar refractivity (Wildman–Crippen MR) is 92.7 cm³/mol. The van der Waals surface area contributed by atoms with Crippen molar-refractivity contribution in [3.8, 4) is 0 Å². The number of aryl methyl sites for hydroxylation is 1. The van der Waals surface area contributed by atoms with Gasteiger partial charge in [0, 0.05) is 27.7 Å². The van der Waals surface area contributed by atoms with Crippen molar-refractivity contribution in [1.29, 1.82) is 0 Å².